The van der Waals surface area contributed by atoms with Crippen molar-refractivity contribution in [2.24, 2.45) is 0 Å². The maximum Gasteiger partial charge on any atom is 0.156 e. The van der Waals surface area contributed by atoms with E-state index in [-0.39, 0.29) is 0 Å². The zero-order chi connectivity index (χ0) is 13.5. The Labute approximate surface area is 122 Å². The second-order valence-corrected chi connectivity index (χ2v) is 5.54. The zero-order valence-electron chi connectivity index (χ0n) is 10.1. The third kappa shape index (κ3) is 1.73. The number of hydrogen-bond donors (Lipinski definition) is 1. The first-order valence-electron chi connectivity index (χ1n) is 5.88. The molecule has 0 amide bonds. The Morgan fingerprint density at radius 3 is 2.90 bits per heavy atom. The number of fused-ring (bicyclic) bond motifs is 1. The van der Waals surface area contributed by atoms with Crippen molar-refractivity contribution in [3.63, 3.8) is 0 Å². The molecular weight excluding hydrogens is 294 g/mol. The maximum absolute atomic E-state index is 6.32. The molecule has 4 rings (SSSR count). The van der Waals surface area contributed by atoms with Gasteiger partial charge in [0.2, 0.25) is 0 Å². The summed E-state index contributed by atoms with van der Waals surface area (Å²) in [6.07, 6.45) is 9.16. The number of aromatic amines is 1. The second-order valence-electron chi connectivity index (χ2n) is 4.24. The summed E-state index contributed by atoms with van der Waals surface area (Å²) in [7, 11) is 0. The van der Waals surface area contributed by atoms with E-state index in [0.29, 0.717) is 5.02 Å². The van der Waals surface area contributed by atoms with E-state index in [2.05, 4.69) is 20.2 Å². The van der Waals surface area contributed by atoms with Gasteiger partial charge in [-0.1, -0.05) is 11.6 Å². The topological polar surface area (TPSA) is 58.9 Å². The Morgan fingerprint density at radius 1 is 1.20 bits per heavy atom. The molecule has 0 saturated carbocycles. The van der Waals surface area contributed by atoms with Crippen LogP contribution in [-0.4, -0.2) is 24.6 Å². The molecule has 0 radical (unpaired) electrons. The molecule has 4 heterocycles. The normalized spacial score (nSPS) is 11.2. The summed E-state index contributed by atoms with van der Waals surface area (Å²) in [5.41, 5.74) is 3.62. The molecule has 0 fully saturated rings. The van der Waals surface area contributed by atoms with E-state index >= 15 is 0 Å². The summed E-state index contributed by atoms with van der Waals surface area (Å²) in [5.74, 6) is 0. The van der Waals surface area contributed by atoms with E-state index in [4.69, 9.17) is 11.6 Å². The lowest BCUT2D eigenvalue weighted by Gasteiger charge is -2.04. The van der Waals surface area contributed by atoms with Gasteiger partial charge in [0.05, 0.1) is 17.4 Å². The summed E-state index contributed by atoms with van der Waals surface area (Å²) < 4.78 is 1.96. The van der Waals surface area contributed by atoms with Crippen LogP contribution in [0.2, 0.25) is 5.02 Å². The lowest BCUT2D eigenvalue weighted by atomic mass is 10.2. The molecule has 0 atom stereocenters. The van der Waals surface area contributed by atoms with E-state index in [0.717, 1.165) is 27.5 Å². The summed E-state index contributed by atoms with van der Waals surface area (Å²) in [6, 6.07) is 1.89. The Bertz CT molecular complexity index is 864. The fraction of sp³-hybridized carbons (Fsp3) is 0. The van der Waals surface area contributed by atoms with Gasteiger partial charge >= 0.3 is 0 Å². The molecule has 7 heteroatoms. The highest BCUT2D eigenvalue weighted by molar-refractivity contribution is 7.13. The van der Waals surface area contributed by atoms with Crippen molar-refractivity contribution in [1.29, 1.82) is 0 Å². The van der Waals surface area contributed by atoms with E-state index in [1.165, 1.54) is 0 Å². The van der Waals surface area contributed by atoms with Gasteiger partial charge in [-0.15, -0.1) is 11.3 Å². The number of hydrogen-bond acceptors (Lipinski definition) is 4. The van der Waals surface area contributed by atoms with Crippen molar-refractivity contribution in [2.45, 2.75) is 0 Å². The van der Waals surface area contributed by atoms with Gasteiger partial charge in [0.1, 0.15) is 10.7 Å². The van der Waals surface area contributed by atoms with E-state index < -0.39 is 0 Å². The average molecular weight is 302 g/mol. The zero-order valence-corrected chi connectivity index (χ0v) is 11.7. The number of nitrogens with one attached hydrogen (secondary N) is 1. The van der Waals surface area contributed by atoms with Crippen LogP contribution in [0.25, 0.3) is 27.5 Å². The van der Waals surface area contributed by atoms with Crippen molar-refractivity contribution in [3.8, 4) is 21.8 Å². The molecule has 4 aromatic rings. The number of imidazole rings is 1. The van der Waals surface area contributed by atoms with Crippen molar-refractivity contribution in [3.05, 3.63) is 47.5 Å². The number of H-pyrrole nitrogens is 1. The fourth-order valence-electron chi connectivity index (χ4n) is 2.12. The largest absolute Gasteiger partial charge is 0.296 e. The quantitative estimate of drug-likeness (QED) is 0.616. The fourth-order valence-corrected chi connectivity index (χ4v) is 3.02. The van der Waals surface area contributed by atoms with Gasteiger partial charge in [0.25, 0.3) is 0 Å². The molecule has 5 nitrogen and oxygen atoms in total. The molecule has 20 heavy (non-hydrogen) atoms. The minimum Gasteiger partial charge on any atom is -0.296 e. The average Bonchev–Trinajstić information content (AvgIpc) is 3.19. The van der Waals surface area contributed by atoms with Crippen molar-refractivity contribution >= 4 is 28.6 Å². The Kier molecular flexibility index (Phi) is 2.58. The van der Waals surface area contributed by atoms with Crippen molar-refractivity contribution < 1.29 is 0 Å². The van der Waals surface area contributed by atoms with Crippen LogP contribution < -0.4 is 0 Å². The van der Waals surface area contributed by atoms with E-state index in [9.17, 15) is 0 Å². The second kappa shape index (κ2) is 4.43. The number of thiazole rings is 1. The van der Waals surface area contributed by atoms with Crippen LogP contribution in [0.4, 0.5) is 0 Å². The summed E-state index contributed by atoms with van der Waals surface area (Å²) in [6.45, 7) is 0. The molecule has 0 saturated heterocycles. The number of rotatable bonds is 2. The highest BCUT2D eigenvalue weighted by Crippen LogP contribution is 2.30. The summed E-state index contributed by atoms with van der Waals surface area (Å²) in [5, 5.41) is 10.2. The summed E-state index contributed by atoms with van der Waals surface area (Å²) >= 11 is 7.89. The summed E-state index contributed by atoms with van der Waals surface area (Å²) in [4.78, 5) is 8.70. The van der Waals surface area contributed by atoms with Crippen molar-refractivity contribution in [1.82, 2.24) is 24.6 Å². The van der Waals surface area contributed by atoms with Gasteiger partial charge in [-0.2, -0.15) is 5.10 Å². The van der Waals surface area contributed by atoms with Gasteiger partial charge in [-0.3, -0.25) is 9.50 Å². The van der Waals surface area contributed by atoms with Gasteiger partial charge < -0.3 is 0 Å². The van der Waals surface area contributed by atoms with Gasteiger partial charge in [-0.05, 0) is 6.07 Å². The van der Waals surface area contributed by atoms with Crippen molar-refractivity contribution in [2.75, 3.05) is 0 Å². The SMILES string of the molecule is Clc1cc(-c2cn[nH]c2)cn2c(-c3nccs3)cnc12. The molecule has 98 valence electrons. The number of pyridine rings is 1. The van der Waals surface area contributed by atoms with Crippen LogP contribution >= 0.6 is 22.9 Å². The Balaban J connectivity index is 2.00. The highest BCUT2D eigenvalue weighted by atomic mass is 35.5. The Hall–Kier alpha value is -2.18. The minimum absolute atomic E-state index is 0.603. The lowest BCUT2D eigenvalue weighted by Crippen LogP contribution is -1.90. The van der Waals surface area contributed by atoms with E-state index in [1.54, 1.807) is 29.9 Å². The van der Waals surface area contributed by atoms with Gasteiger partial charge in [-0.25, -0.2) is 9.97 Å². The first-order chi connectivity index (χ1) is 9.83. The molecule has 0 aliphatic carbocycles. The smallest absolute Gasteiger partial charge is 0.156 e. The van der Waals surface area contributed by atoms with Crippen LogP contribution in [0.3, 0.4) is 0 Å². The number of aromatic nitrogens is 5. The number of nitrogens with zero attached hydrogens (tertiary/aromatic N) is 4. The van der Waals surface area contributed by atoms with Crippen LogP contribution in [0.15, 0.2) is 42.4 Å². The minimum atomic E-state index is 0.603. The molecule has 0 unspecified atom stereocenters. The third-order valence-electron chi connectivity index (χ3n) is 3.04. The predicted molar refractivity (Wildman–Crippen MR) is 78.9 cm³/mol. The highest BCUT2D eigenvalue weighted by Gasteiger charge is 2.12. The molecule has 0 aliphatic heterocycles. The first-order valence-corrected chi connectivity index (χ1v) is 7.14. The van der Waals surface area contributed by atoms with Gasteiger partial charge in [0.15, 0.2) is 5.65 Å². The standard InChI is InChI=1S/C13H8ClN5S/c14-10-3-8(9-4-17-18-5-9)7-19-11(6-16-12(10)19)13-15-1-2-20-13/h1-7H,(H,17,18). The van der Waals surface area contributed by atoms with Crippen LogP contribution in [0, 0.1) is 0 Å². The molecule has 0 aromatic carbocycles. The third-order valence-corrected chi connectivity index (χ3v) is 4.12. The molecule has 0 spiro atoms. The molecule has 4 aromatic heterocycles. The van der Waals surface area contributed by atoms with Crippen LogP contribution in [0.5, 0.6) is 0 Å². The monoisotopic (exact) mass is 301 g/mol. The first kappa shape index (κ1) is 11.6. The van der Waals surface area contributed by atoms with Gasteiger partial charge in [0, 0.05) is 35.1 Å². The molecule has 0 aliphatic rings. The molecular formula is C13H8ClN5S. The molecule has 1 N–H and O–H groups in total. The lowest BCUT2D eigenvalue weighted by molar-refractivity contribution is 1.09. The van der Waals surface area contributed by atoms with Crippen LogP contribution in [-0.2, 0) is 0 Å². The predicted octanol–water partition coefficient (Wildman–Crippen LogP) is 3.50. The van der Waals surface area contributed by atoms with E-state index in [1.807, 2.05) is 28.2 Å². The molecule has 0 bridgehead atoms. The number of halogens is 1. The van der Waals surface area contributed by atoms with Crippen LogP contribution in [0.1, 0.15) is 0 Å². The maximum atomic E-state index is 6.32. The Morgan fingerprint density at radius 2 is 2.15 bits per heavy atom.